The van der Waals surface area contributed by atoms with Crippen LogP contribution in [0.4, 0.5) is 5.13 Å². The highest BCUT2D eigenvalue weighted by atomic mass is 32.1. The summed E-state index contributed by atoms with van der Waals surface area (Å²) < 4.78 is 18.3. The summed E-state index contributed by atoms with van der Waals surface area (Å²) in [5, 5.41) is 12.0. The second kappa shape index (κ2) is 12.6. The van der Waals surface area contributed by atoms with Gasteiger partial charge in [0.1, 0.15) is 28.8 Å². The van der Waals surface area contributed by atoms with Crippen LogP contribution in [-0.2, 0) is 9.59 Å². The molecule has 2 heterocycles. The first kappa shape index (κ1) is 28.9. The van der Waals surface area contributed by atoms with E-state index >= 15 is 0 Å². The third-order valence-corrected chi connectivity index (χ3v) is 8.06. The number of thiazole rings is 1. The fourth-order valence-corrected chi connectivity index (χ4v) is 6.10. The Balaban J connectivity index is 1.49. The summed E-state index contributed by atoms with van der Waals surface area (Å²) in [5.74, 6) is 0.496. The molecule has 222 valence electrons. The minimum atomic E-state index is -0.971. The van der Waals surface area contributed by atoms with Gasteiger partial charge >= 0.3 is 5.91 Å². The number of ether oxygens (including phenoxy) is 3. The van der Waals surface area contributed by atoms with E-state index in [0.29, 0.717) is 58.0 Å². The van der Waals surface area contributed by atoms with Gasteiger partial charge in [-0.2, -0.15) is 0 Å². The zero-order chi connectivity index (χ0) is 30.6. The number of benzene rings is 4. The molecule has 6 rings (SSSR count). The van der Waals surface area contributed by atoms with E-state index in [2.05, 4.69) is 0 Å². The summed E-state index contributed by atoms with van der Waals surface area (Å²) in [7, 11) is 0. The topological polar surface area (TPSA) is 98.2 Å². The lowest BCUT2D eigenvalue weighted by atomic mass is 9.95. The third-order valence-electron chi connectivity index (χ3n) is 7.04. The number of Topliss-reactive ketones (excluding diaryl/α,β-unsaturated/α-hetero) is 1. The molecule has 1 saturated heterocycles. The molecule has 1 aliphatic heterocycles. The highest BCUT2D eigenvalue weighted by Gasteiger charge is 2.48. The van der Waals surface area contributed by atoms with Crippen molar-refractivity contribution in [1.29, 1.82) is 0 Å². The monoisotopic (exact) mass is 606 g/mol. The number of ketones is 1. The standard InChI is InChI=1S/C35H30N2O6S/c1-3-18-42-25-14-9-11-23(20-25)32(38)30-31(22-10-8-15-27(19-22)43-24-12-6-5-7-13-24)37(34(40)33(30)39)35-36-28-17-16-26(41-4-2)21-29(28)44-35/h5-17,19-21,31,38H,3-4,18H2,1-2H3. The predicted molar refractivity (Wildman–Crippen MR) is 171 cm³/mol. The maximum absolute atomic E-state index is 13.8. The molecule has 0 aliphatic carbocycles. The predicted octanol–water partition coefficient (Wildman–Crippen LogP) is 7.90. The molecule has 1 aromatic heterocycles. The van der Waals surface area contributed by atoms with Crippen LogP contribution in [0, 0.1) is 0 Å². The van der Waals surface area contributed by atoms with Gasteiger partial charge in [0.25, 0.3) is 5.78 Å². The van der Waals surface area contributed by atoms with Crippen LogP contribution in [0.25, 0.3) is 16.0 Å². The van der Waals surface area contributed by atoms with Gasteiger partial charge in [0.15, 0.2) is 5.13 Å². The third kappa shape index (κ3) is 5.74. The maximum Gasteiger partial charge on any atom is 0.301 e. The molecule has 1 aliphatic rings. The Hall–Kier alpha value is -5.15. The largest absolute Gasteiger partial charge is 0.507 e. The smallest absolute Gasteiger partial charge is 0.301 e. The molecule has 0 spiro atoms. The number of aliphatic hydroxyl groups excluding tert-OH is 1. The average Bonchev–Trinajstić information content (AvgIpc) is 3.58. The molecule has 1 fully saturated rings. The van der Waals surface area contributed by atoms with E-state index in [1.165, 1.54) is 16.2 Å². The lowest BCUT2D eigenvalue weighted by Gasteiger charge is -2.23. The van der Waals surface area contributed by atoms with Gasteiger partial charge in [-0.15, -0.1) is 0 Å². The van der Waals surface area contributed by atoms with E-state index in [0.717, 1.165) is 11.1 Å². The Bertz CT molecular complexity index is 1870. The Morgan fingerprint density at radius 1 is 0.841 bits per heavy atom. The van der Waals surface area contributed by atoms with Crippen molar-refractivity contribution in [3.8, 4) is 23.0 Å². The van der Waals surface area contributed by atoms with Crippen LogP contribution in [0.5, 0.6) is 23.0 Å². The number of anilines is 1. The molecule has 0 saturated carbocycles. The first-order valence-electron chi connectivity index (χ1n) is 14.4. The van der Waals surface area contributed by atoms with Crippen LogP contribution in [0.1, 0.15) is 37.4 Å². The number of carbonyl (C=O) groups is 2. The number of amides is 1. The van der Waals surface area contributed by atoms with Crippen molar-refractivity contribution in [2.45, 2.75) is 26.3 Å². The molecule has 44 heavy (non-hydrogen) atoms. The zero-order valence-electron chi connectivity index (χ0n) is 24.2. The Kier molecular flexibility index (Phi) is 8.29. The number of aliphatic hydroxyl groups is 1. The van der Waals surface area contributed by atoms with E-state index in [1.54, 1.807) is 48.5 Å². The SMILES string of the molecule is CCCOc1cccc(C(O)=C2C(=O)C(=O)N(c3nc4ccc(OCC)cc4s3)C2c2cccc(Oc3ccccc3)c2)c1. The number of rotatable bonds is 10. The number of hydrogen-bond acceptors (Lipinski definition) is 8. The molecule has 5 aromatic rings. The van der Waals surface area contributed by atoms with Crippen molar-refractivity contribution >= 4 is 44.1 Å². The zero-order valence-corrected chi connectivity index (χ0v) is 25.0. The normalized spacial score (nSPS) is 16.0. The molecule has 1 atom stereocenters. The molecule has 1 unspecified atom stereocenters. The lowest BCUT2D eigenvalue weighted by Crippen LogP contribution is -2.29. The van der Waals surface area contributed by atoms with Gasteiger partial charge < -0.3 is 19.3 Å². The first-order chi connectivity index (χ1) is 21.5. The summed E-state index contributed by atoms with van der Waals surface area (Å²) in [4.78, 5) is 33.6. The van der Waals surface area contributed by atoms with Crippen LogP contribution < -0.4 is 19.1 Å². The van der Waals surface area contributed by atoms with Crippen LogP contribution >= 0.6 is 11.3 Å². The molecule has 8 nitrogen and oxygen atoms in total. The molecule has 1 amide bonds. The molecule has 1 N–H and O–H groups in total. The number of aromatic nitrogens is 1. The summed E-state index contributed by atoms with van der Waals surface area (Å²) in [6, 6.07) is 27.9. The number of nitrogens with zero attached hydrogens (tertiary/aromatic N) is 2. The molecule has 0 radical (unpaired) electrons. The average molecular weight is 607 g/mol. The number of hydrogen-bond donors (Lipinski definition) is 1. The minimum Gasteiger partial charge on any atom is -0.507 e. The highest BCUT2D eigenvalue weighted by molar-refractivity contribution is 7.22. The van der Waals surface area contributed by atoms with Crippen molar-refractivity contribution in [2.24, 2.45) is 0 Å². The number of carbonyl (C=O) groups excluding carboxylic acids is 2. The maximum atomic E-state index is 13.8. The molecular formula is C35H30N2O6S. The van der Waals surface area contributed by atoms with E-state index in [1.807, 2.05) is 62.4 Å². The fraction of sp³-hybridized carbons (Fsp3) is 0.171. The number of fused-ring (bicyclic) bond motifs is 1. The van der Waals surface area contributed by atoms with E-state index in [4.69, 9.17) is 19.2 Å². The second-order valence-electron chi connectivity index (χ2n) is 10.1. The Morgan fingerprint density at radius 3 is 2.39 bits per heavy atom. The van der Waals surface area contributed by atoms with Gasteiger partial charge in [0.2, 0.25) is 0 Å². The molecule has 4 aromatic carbocycles. The van der Waals surface area contributed by atoms with Crippen LogP contribution in [-0.4, -0.2) is 35.0 Å². The van der Waals surface area contributed by atoms with Crippen molar-refractivity contribution in [3.05, 3.63) is 114 Å². The van der Waals surface area contributed by atoms with E-state index in [9.17, 15) is 14.7 Å². The molecule has 0 bridgehead atoms. The van der Waals surface area contributed by atoms with Gasteiger partial charge in [-0.05, 0) is 73.5 Å². The first-order valence-corrected chi connectivity index (χ1v) is 15.2. The Labute approximate surface area is 258 Å². The fourth-order valence-electron chi connectivity index (χ4n) is 5.08. The van der Waals surface area contributed by atoms with E-state index in [-0.39, 0.29) is 11.3 Å². The molecule has 9 heteroatoms. The summed E-state index contributed by atoms with van der Waals surface area (Å²) in [6.45, 7) is 4.92. The van der Waals surface area contributed by atoms with Gasteiger partial charge in [-0.3, -0.25) is 14.5 Å². The van der Waals surface area contributed by atoms with Crippen LogP contribution in [0.2, 0.25) is 0 Å². The minimum absolute atomic E-state index is 0.0474. The second-order valence-corrected chi connectivity index (χ2v) is 11.1. The van der Waals surface area contributed by atoms with Gasteiger partial charge in [0, 0.05) is 5.56 Å². The van der Waals surface area contributed by atoms with E-state index < -0.39 is 17.7 Å². The van der Waals surface area contributed by atoms with Crippen molar-refractivity contribution < 1.29 is 28.9 Å². The lowest BCUT2D eigenvalue weighted by molar-refractivity contribution is -0.132. The van der Waals surface area contributed by atoms with Gasteiger partial charge in [-0.1, -0.05) is 60.7 Å². The van der Waals surface area contributed by atoms with Gasteiger partial charge in [0.05, 0.1) is 35.0 Å². The number of para-hydroxylation sites is 1. The summed E-state index contributed by atoms with van der Waals surface area (Å²) in [5.41, 5.74) is 1.56. The van der Waals surface area contributed by atoms with Crippen LogP contribution in [0.3, 0.4) is 0 Å². The van der Waals surface area contributed by atoms with Crippen LogP contribution in [0.15, 0.2) is 103 Å². The summed E-state index contributed by atoms with van der Waals surface area (Å²) >= 11 is 1.27. The van der Waals surface area contributed by atoms with Crippen molar-refractivity contribution in [3.63, 3.8) is 0 Å². The molecular weight excluding hydrogens is 576 g/mol. The quantitative estimate of drug-likeness (QED) is 0.0980. The van der Waals surface area contributed by atoms with Gasteiger partial charge in [-0.25, -0.2) is 4.98 Å². The van der Waals surface area contributed by atoms with Crippen molar-refractivity contribution in [1.82, 2.24) is 4.98 Å². The summed E-state index contributed by atoms with van der Waals surface area (Å²) in [6.07, 6.45) is 0.816. The highest BCUT2D eigenvalue weighted by Crippen LogP contribution is 2.45. The van der Waals surface area contributed by atoms with Crippen molar-refractivity contribution in [2.75, 3.05) is 18.1 Å². The Morgan fingerprint density at radius 2 is 1.59 bits per heavy atom.